The Bertz CT molecular complexity index is 821. The minimum absolute atomic E-state index is 0.0446. The smallest absolute Gasteiger partial charge is 0.306 e. The van der Waals surface area contributed by atoms with E-state index >= 15 is 0 Å². The number of hydrogen-bond donors (Lipinski definition) is 1. The predicted molar refractivity (Wildman–Crippen MR) is 118 cm³/mol. The van der Waals surface area contributed by atoms with Crippen LogP contribution in [0.3, 0.4) is 0 Å². The maximum Gasteiger partial charge on any atom is 0.306 e. The Morgan fingerprint density at radius 1 is 1.03 bits per heavy atom. The van der Waals surface area contributed by atoms with Crippen molar-refractivity contribution in [2.45, 2.75) is 70.9 Å². The molecule has 156 valence electrons. The number of methoxy groups -OCH3 is 1. The number of fused-ring (bicyclic) bond motifs is 1. The first-order valence-electron chi connectivity index (χ1n) is 10.6. The molecule has 0 heterocycles. The number of rotatable bonds is 7. The molecule has 0 spiro atoms. The average molecular weight is 396 g/mol. The molecule has 29 heavy (non-hydrogen) atoms. The molecule has 1 aliphatic rings. The summed E-state index contributed by atoms with van der Waals surface area (Å²) in [4.78, 5) is 12.3. The van der Waals surface area contributed by atoms with E-state index in [1.165, 1.54) is 36.0 Å². The molecule has 4 heteroatoms. The van der Waals surface area contributed by atoms with Crippen LogP contribution in [0.4, 0.5) is 5.69 Å². The molecule has 0 amide bonds. The summed E-state index contributed by atoms with van der Waals surface area (Å²) in [5, 5.41) is 3.61. The van der Waals surface area contributed by atoms with Crippen LogP contribution in [0.2, 0.25) is 0 Å². The zero-order valence-electron chi connectivity index (χ0n) is 18.1. The lowest BCUT2D eigenvalue weighted by molar-refractivity contribution is -0.154. The van der Waals surface area contributed by atoms with E-state index in [1.54, 1.807) is 7.11 Å². The van der Waals surface area contributed by atoms with Crippen LogP contribution in [-0.2, 0) is 22.4 Å². The molecule has 3 rings (SSSR count). The molecule has 1 atom stereocenters. The number of benzene rings is 2. The van der Waals surface area contributed by atoms with E-state index in [1.807, 2.05) is 45.0 Å². The normalized spacial score (nSPS) is 14.6. The van der Waals surface area contributed by atoms with Gasteiger partial charge in [0.15, 0.2) is 0 Å². The Morgan fingerprint density at radius 3 is 2.38 bits per heavy atom. The highest BCUT2D eigenvalue weighted by Crippen LogP contribution is 2.30. The number of esters is 1. The first-order valence-corrected chi connectivity index (χ1v) is 10.6. The van der Waals surface area contributed by atoms with Gasteiger partial charge in [0.1, 0.15) is 11.4 Å². The Balaban J connectivity index is 1.77. The molecular formula is C25H33NO3. The van der Waals surface area contributed by atoms with E-state index in [9.17, 15) is 4.79 Å². The number of hydrogen-bond acceptors (Lipinski definition) is 4. The number of ether oxygens (including phenoxy) is 2. The molecule has 0 fully saturated rings. The highest BCUT2D eigenvalue weighted by Gasteiger charge is 2.20. The van der Waals surface area contributed by atoms with Gasteiger partial charge in [-0.05, 0) is 93.8 Å². The Hall–Kier alpha value is -2.49. The monoisotopic (exact) mass is 395 g/mol. The van der Waals surface area contributed by atoms with Crippen molar-refractivity contribution in [1.29, 1.82) is 0 Å². The number of anilines is 1. The largest absolute Gasteiger partial charge is 0.497 e. The lowest BCUT2D eigenvalue weighted by Crippen LogP contribution is -2.24. The molecule has 1 N–H and O–H groups in total. The van der Waals surface area contributed by atoms with E-state index in [0.29, 0.717) is 12.8 Å². The summed E-state index contributed by atoms with van der Waals surface area (Å²) in [5.41, 5.74) is 4.70. The molecule has 0 aliphatic heterocycles. The SMILES string of the molecule is COc1ccc(NC(CCC(=O)OC(C)(C)C)c2ccc3c(c2)CCCC3)cc1. The van der Waals surface area contributed by atoms with Gasteiger partial charge in [0.2, 0.25) is 0 Å². The summed E-state index contributed by atoms with van der Waals surface area (Å²) < 4.78 is 10.8. The number of carbonyl (C=O) groups is 1. The van der Waals surface area contributed by atoms with E-state index in [0.717, 1.165) is 17.9 Å². The first-order chi connectivity index (χ1) is 13.8. The Kier molecular flexibility index (Phi) is 6.83. The van der Waals surface area contributed by atoms with Gasteiger partial charge in [-0.3, -0.25) is 4.79 Å². The molecular weight excluding hydrogens is 362 g/mol. The van der Waals surface area contributed by atoms with Crippen LogP contribution in [0.5, 0.6) is 5.75 Å². The average Bonchev–Trinajstić information content (AvgIpc) is 2.70. The summed E-state index contributed by atoms with van der Waals surface area (Å²) >= 11 is 0. The van der Waals surface area contributed by atoms with Crippen LogP contribution in [0, 0.1) is 0 Å². The number of nitrogens with one attached hydrogen (secondary N) is 1. The summed E-state index contributed by atoms with van der Waals surface area (Å²) in [6.45, 7) is 5.71. The standard InChI is InChI=1S/C25H33NO3/c1-25(2,3)29-24(27)16-15-23(26-21-11-13-22(28-4)14-12-21)20-10-9-18-7-5-6-8-19(18)17-20/h9-14,17,23,26H,5-8,15-16H2,1-4H3. The molecule has 1 aliphatic carbocycles. The van der Waals surface area contributed by atoms with Gasteiger partial charge in [-0.1, -0.05) is 18.2 Å². The first kappa shape index (κ1) is 21.2. The van der Waals surface area contributed by atoms with Gasteiger partial charge < -0.3 is 14.8 Å². The molecule has 2 aromatic rings. The van der Waals surface area contributed by atoms with Crippen LogP contribution in [-0.4, -0.2) is 18.7 Å². The fraction of sp³-hybridized carbons (Fsp3) is 0.480. The summed E-state index contributed by atoms with van der Waals surface area (Å²) in [6, 6.07) is 14.8. The fourth-order valence-corrected chi connectivity index (χ4v) is 3.84. The Labute approximate surface area is 174 Å². The molecule has 0 radical (unpaired) electrons. The third-order valence-corrected chi connectivity index (χ3v) is 5.26. The van der Waals surface area contributed by atoms with Crippen molar-refractivity contribution < 1.29 is 14.3 Å². The highest BCUT2D eigenvalue weighted by atomic mass is 16.6. The van der Waals surface area contributed by atoms with Crippen molar-refractivity contribution in [3.05, 3.63) is 59.2 Å². The molecule has 0 bridgehead atoms. The maximum absolute atomic E-state index is 12.3. The Morgan fingerprint density at radius 2 is 1.72 bits per heavy atom. The zero-order chi connectivity index (χ0) is 20.9. The lowest BCUT2D eigenvalue weighted by atomic mass is 9.88. The minimum Gasteiger partial charge on any atom is -0.497 e. The van der Waals surface area contributed by atoms with Gasteiger partial charge >= 0.3 is 5.97 Å². The molecule has 0 saturated heterocycles. The van der Waals surface area contributed by atoms with E-state index in [4.69, 9.17) is 9.47 Å². The van der Waals surface area contributed by atoms with Gasteiger partial charge in [-0.25, -0.2) is 0 Å². The van der Waals surface area contributed by atoms with E-state index in [2.05, 4.69) is 23.5 Å². The van der Waals surface area contributed by atoms with Crippen molar-refractivity contribution in [3.8, 4) is 5.75 Å². The highest BCUT2D eigenvalue weighted by molar-refractivity contribution is 5.70. The predicted octanol–water partition coefficient (Wildman–Crippen LogP) is 5.85. The van der Waals surface area contributed by atoms with E-state index < -0.39 is 5.60 Å². The van der Waals surface area contributed by atoms with Crippen molar-refractivity contribution >= 4 is 11.7 Å². The number of aryl methyl sites for hydroxylation is 2. The fourth-order valence-electron chi connectivity index (χ4n) is 3.84. The molecule has 2 aromatic carbocycles. The van der Waals surface area contributed by atoms with Gasteiger partial charge in [0.05, 0.1) is 13.2 Å². The molecule has 4 nitrogen and oxygen atoms in total. The van der Waals surface area contributed by atoms with Crippen LogP contribution in [0.25, 0.3) is 0 Å². The minimum atomic E-state index is -0.457. The second kappa shape index (κ2) is 9.34. The molecule has 1 unspecified atom stereocenters. The quantitative estimate of drug-likeness (QED) is 0.598. The zero-order valence-corrected chi connectivity index (χ0v) is 18.1. The van der Waals surface area contributed by atoms with Gasteiger partial charge in [0, 0.05) is 12.1 Å². The van der Waals surface area contributed by atoms with Crippen LogP contribution >= 0.6 is 0 Å². The van der Waals surface area contributed by atoms with Crippen molar-refractivity contribution in [2.24, 2.45) is 0 Å². The maximum atomic E-state index is 12.3. The third-order valence-electron chi connectivity index (χ3n) is 5.26. The molecule has 0 aromatic heterocycles. The lowest BCUT2D eigenvalue weighted by Gasteiger charge is -2.24. The van der Waals surface area contributed by atoms with Crippen LogP contribution in [0.15, 0.2) is 42.5 Å². The number of carbonyl (C=O) groups excluding carboxylic acids is 1. The van der Waals surface area contributed by atoms with Gasteiger partial charge in [-0.2, -0.15) is 0 Å². The summed E-state index contributed by atoms with van der Waals surface area (Å²) in [7, 11) is 1.67. The van der Waals surface area contributed by atoms with Crippen LogP contribution in [0.1, 0.15) is 69.2 Å². The summed E-state index contributed by atoms with van der Waals surface area (Å²) in [6.07, 6.45) is 5.90. The third kappa shape index (κ3) is 6.25. The van der Waals surface area contributed by atoms with E-state index in [-0.39, 0.29) is 12.0 Å². The van der Waals surface area contributed by atoms with Crippen LogP contribution < -0.4 is 10.1 Å². The van der Waals surface area contributed by atoms with Crippen molar-refractivity contribution in [2.75, 3.05) is 12.4 Å². The van der Waals surface area contributed by atoms with Gasteiger partial charge in [-0.15, -0.1) is 0 Å². The summed E-state index contributed by atoms with van der Waals surface area (Å²) in [5.74, 6) is 0.673. The second-order valence-electron chi connectivity index (χ2n) is 8.79. The van der Waals surface area contributed by atoms with Crippen molar-refractivity contribution in [1.82, 2.24) is 0 Å². The van der Waals surface area contributed by atoms with Crippen molar-refractivity contribution in [3.63, 3.8) is 0 Å². The molecule has 0 saturated carbocycles. The second-order valence-corrected chi connectivity index (χ2v) is 8.79. The topological polar surface area (TPSA) is 47.6 Å². The van der Waals surface area contributed by atoms with Gasteiger partial charge in [0.25, 0.3) is 0 Å².